The summed E-state index contributed by atoms with van der Waals surface area (Å²) < 4.78 is 1.14. The van der Waals surface area contributed by atoms with Crippen LogP contribution in [0.25, 0.3) is 0 Å². The Morgan fingerprint density at radius 3 is 1.22 bits per heavy atom. The molecule has 2 heteroatoms. The Morgan fingerprint density at radius 2 is 1.22 bits per heavy atom. The van der Waals surface area contributed by atoms with Crippen LogP contribution in [0, 0.1) is 0 Å². The maximum absolute atomic E-state index is 8.25. The fraction of sp³-hybridized carbons (Fsp3) is 1.00. The molecule has 0 aliphatic rings. The fourth-order valence-electron chi connectivity index (χ4n) is 0.224. The van der Waals surface area contributed by atoms with E-state index >= 15 is 0 Å². The van der Waals surface area contributed by atoms with Gasteiger partial charge in [0.05, 0.1) is 27.2 Å². The van der Waals surface area contributed by atoms with Gasteiger partial charge in [0, 0.05) is 0 Å². The summed E-state index contributed by atoms with van der Waals surface area (Å²) in [5.74, 6) is 0. The molecule has 0 fully saturated rings. The Labute approximate surface area is 58.7 Å². The molecule has 0 bridgehead atoms. The lowest BCUT2D eigenvalue weighted by molar-refractivity contribution is -0.886. The van der Waals surface area contributed by atoms with Crippen molar-refractivity contribution >= 4 is 0 Å². The average molecular weight is 133 g/mol. The van der Waals surface area contributed by atoms with E-state index in [4.69, 9.17) is 5.11 Å². The van der Waals surface area contributed by atoms with Crippen molar-refractivity contribution < 1.29 is 9.59 Å². The first-order chi connectivity index (χ1) is 4.12. The Morgan fingerprint density at radius 1 is 1.00 bits per heavy atom. The van der Waals surface area contributed by atoms with Crippen molar-refractivity contribution in [1.29, 1.82) is 0 Å². The van der Waals surface area contributed by atoms with Crippen LogP contribution in [0.2, 0.25) is 0 Å². The van der Waals surface area contributed by atoms with Crippen LogP contribution in [0.4, 0.5) is 0 Å². The Balaban J connectivity index is 0. The first-order valence-corrected chi connectivity index (χ1v) is 3.35. The summed E-state index contributed by atoms with van der Waals surface area (Å²) in [5, 5.41) is 8.25. The van der Waals surface area contributed by atoms with Gasteiger partial charge in [0.1, 0.15) is 0 Å². The van der Waals surface area contributed by atoms with E-state index in [0.29, 0.717) is 0 Å². The lowest BCUT2D eigenvalue weighted by Gasteiger charge is -2.25. The maximum atomic E-state index is 8.25. The number of quaternary nitrogens is 1. The van der Waals surface area contributed by atoms with Crippen LogP contribution >= 0.6 is 0 Å². The first kappa shape index (κ1) is 11.7. The van der Waals surface area contributed by atoms with E-state index in [1.165, 1.54) is 13.1 Å². The SMILES string of the molecule is CC[N+](C)(C)CC.C[O-]. The summed E-state index contributed by atoms with van der Waals surface area (Å²) >= 11 is 0. The molecule has 0 amide bonds. The molecular weight excluding hydrogens is 114 g/mol. The molecule has 0 aromatic heterocycles. The zero-order valence-electron chi connectivity index (χ0n) is 7.27. The van der Waals surface area contributed by atoms with Gasteiger partial charge >= 0.3 is 0 Å². The van der Waals surface area contributed by atoms with Crippen molar-refractivity contribution in [3.8, 4) is 0 Å². The minimum absolute atomic E-state index is 0.750. The highest BCUT2D eigenvalue weighted by atomic mass is 16.2. The summed E-state index contributed by atoms with van der Waals surface area (Å²) in [5.41, 5.74) is 0. The van der Waals surface area contributed by atoms with Gasteiger partial charge in [0.15, 0.2) is 0 Å². The Kier molecular flexibility index (Phi) is 7.85. The zero-order valence-corrected chi connectivity index (χ0v) is 7.27. The second-order valence-corrected chi connectivity index (χ2v) is 2.57. The van der Waals surface area contributed by atoms with Crippen LogP contribution in [0.5, 0.6) is 0 Å². The third kappa shape index (κ3) is 7.92. The molecule has 58 valence electrons. The molecule has 0 aromatic carbocycles. The van der Waals surface area contributed by atoms with Gasteiger partial charge in [-0.15, -0.1) is 0 Å². The highest BCUT2D eigenvalue weighted by molar-refractivity contribution is 4.17. The molecule has 0 aromatic rings. The molecule has 0 saturated carbocycles. The predicted octanol–water partition coefficient (Wildman–Crippen LogP) is 0.0791. The van der Waals surface area contributed by atoms with Gasteiger partial charge in [-0.25, -0.2) is 0 Å². The van der Waals surface area contributed by atoms with E-state index in [0.717, 1.165) is 11.6 Å². The normalized spacial score (nSPS) is 10.0. The van der Waals surface area contributed by atoms with Crippen molar-refractivity contribution in [3.05, 3.63) is 0 Å². The topological polar surface area (TPSA) is 23.1 Å². The lowest BCUT2D eigenvalue weighted by Crippen LogP contribution is -2.38. The van der Waals surface area contributed by atoms with Crippen LogP contribution in [0.3, 0.4) is 0 Å². The molecule has 0 N–H and O–H groups in total. The summed E-state index contributed by atoms with van der Waals surface area (Å²) in [6, 6.07) is 0. The van der Waals surface area contributed by atoms with E-state index in [1.54, 1.807) is 0 Å². The number of nitrogens with zero attached hydrogens (tertiary/aromatic N) is 1. The molecule has 9 heavy (non-hydrogen) atoms. The Bertz CT molecular complexity index is 46.9. The summed E-state index contributed by atoms with van der Waals surface area (Å²) in [6.07, 6.45) is 0. The largest absolute Gasteiger partial charge is 0.857 e. The highest BCUT2D eigenvalue weighted by Crippen LogP contribution is 1.91. The zero-order chi connectivity index (χ0) is 7.91. The van der Waals surface area contributed by atoms with E-state index in [1.807, 2.05) is 0 Å². The van der Waals surface area contributed by atoms with E-state index in [-0.39, 0.29) is 0 Å². The first-order valence-electron chi connectivity index (χ1n) is 3.35. The smallest absolute Gasteiger partial charge is 0.0753 e. The molecule has 0 rings (SSSR count). The van der Waals surface area contributed by atoms with Gasteiger partial charge in [-0.2, -0.15) is 7.11 Å². The van der Waals surface area contributed by atoms with E-state index in [2.05, 4.69) is 27.9 Å². The third-order valence-electron chi connectivity index (χ3n) is 1.71. The van der Waals surface area contributed by atoms with E-state index in [9.17, 15) is 0 Å². The molecule has 0 radical (unpaired) electrons. The average Bonchev–Trinajstić information content (AvgIpc) is 1.93. The van der Waals surface area contributed by atoms with Crippen LogP contribution in [-0.4, -0.2) is 38.8 Å². The fourth-order valence-corrected chi connectivity index (χ4v) is 0.224. The monoisotopic (exact) mass is 133 g/mol. The Hall–Kier alpha value is -0.0800. The van der Waals surface area contributed by atoms with Crippen LogP contribution in [-0.2, 0) is 0 Å². The molecule has 0 aliphatic carbocycles. The molecule has 2 nitrogen and oxygen atoms in total. The standard InChI is InChI=1S/C6H16N.CH3O/c1-5-7(3,4)6-2;1-2/h5-6H2,1-4H3;1H3/q+1;-1. The molecule has 0 saturated heterocycles. The van der Waals surface area contributed by atoms with Gasteiger partial charge in [0.25, 0.3) is 0 Å². The van der Waals surface area contributed by atoms with Crippen LogP contribution in [0.1, 0.15) is 13.8 Å². The van der Waals surface area contributed by atoms with Gasteiger partial charge in [-0.05, 0) is 13.8 Å². The van der Waals surface area contributed by atoms with Gasteiger partial charge < -0.3 is 9.59 Å². The highest BCUT2D eigenvalue weighted by Gasteiger charge is 2.04. The quantitative estimate of drug-likeness (QED) is 0.489. The molecule has 0 unspecified atom stereocenters. The maximum Gasteiger partial charge on any atom is 0.0753 e. The van der Waals surface area contributed by atoms with Crippen LogP contribution < -0.4 is 5.11 Å². The third-order valence-corrected chi connectivity index (χ3v) is 1.71. The molecule has 0 atom stereocenters. The van der Waals surface area contributed by atoms with Crippen molar-refractivity contribution in [2.75, 3.05) is 34.3 Å². The summed E-state index contributed by atoms with van der Waals surface area (Å²) in [7, 11) is 5.22. The minimum Gasteiger partial charge on any atom is -0.857 e. The summed E-state index contributed by atoms with van der Waals surface area (Å²) in [6.45, 7) is 6.89. The molecule has 0 heterocycles. The van der Waals surface area contributed by atoms with Crippen molar-refractivity contribution in [2.45, 2.75) is 13.8 Å². The number of hydrogen-bond donors (Lipinski definition) is 0. The predicted molar refractivity (Wildman–Crippen MR) is 39.1 cm³/mol. The van der Waals surface area contributed by atoms with Crippen molar-refractivity contribution in [1.82, 2.24) is 0 Å². The number of hydrogen-bond acceptors (Lipinski definition) is 1. The lowest BCUT2D eigenvalue weighted by atomic mass is 10.5. The van der Waals surface area contributed by atoms with E-state index < -0.39 is 0 Å². The van der Waals surface area contributed by atoms with Crippen molar-refractivity contribution in [3.63, 3.8) is 0 Å². The van der Waals surface area contributed by atoms with Crippen molar-refractivity contribution in [2.24, 2.45) is 0 Å². The second kappa shape index (κ2) is 6.05. The molecule has 0 spiro atoms. The van der Waals surface area contributed by atoms with Gasteiger partial charge in [-0.3, -0.25) is 0 Å². The van der Waals surface area contributed by atoms with Gasteiger partial charge in [-0.1, -0.05) is 0 Å². The number of rotatable bonds is 2. The van der Waals surface area contributed by atoms with Crippen LogP contribution in [0.15, 0.2) is 0 Å². The minimum atomic E-state index is 0.750. The summed E-state index contributed by atoms with van der Waals surface area (Å²) in [4.78, 5) is 0. The second-order valence-electron chi connectivity index (χ2n) is 2.57. The van der Waals surface area contributed by atoms with Gasteiger partial charge in [0.2, 0.25) is 0 Å². The molecule has 0 aliphatic heterocycles. The molecular formula is C7H19NO.